The van der Waals surface area contributed by atoms with Crippen molar-refractivity contribution in [3.63, 3.8) is 0 Å². The highest BCUT2D eigenvalue weighted by molar-refractivity contribution is 6.17. The van der Waals surface area contributed by atoms with E-state index in [1.807, 2.05) is 0 Å². The summed E-state index contributed by atoms with van der Waals surface area (Å²) in [4.78, 5) is 8.53. The Labute approximate surface area is 126 Å². The Bertz CT molecular complexity index is 788. The van der Waals surface area contributed by atoms with Crippen molar-refractivity contribution in [2.75, 3.05) is 13.0 Å². The number of imidazole rings is 1. The third kappa shape index (κ3) is 2.45. The molecule has 21 heavy (non-hydrogen) atoms. The molecule has 0 aliphatic heterocycles. The summed E-state index contributed by atoms with van der Waals surface area (Å²) in [5, 5.41) is 0. The van der Waals surface area contributed by atoms with Gasteiger partial charge in [-0.2, -0.15) is 0 Å². The van der Waals surface area contributed by atoms with Crippen LogP contribution >= 0.6 is 11.6 Å². The van der Waals surface area contributed by atoms with Crippen LogP contribution in [0.25, 0.3) is 16.7 Å². The third-order valence-electron chi connectivity index (χ3n) is 3.24. The van der Waals surface area contributed by atoms with Crippen molar-refractivity contribution in [2.24, 2.45) is 0 Å². The van der Waals surface area contributed by atoms with Crippen LogP contribution in [0.1, 0.15) is 5.82 Å². The lowest BCUT2D eigenvalue weighted by Crippen LogP contribution is -2.05. The molecule has 0 unspecified atom stereocenters. The number of aryl methyl sites for hydroxylation is 1. The van der Waals surface area contributed by atoms with Crippen LogP contribution < -0.4 is 4.74 Å². The zero-order chi connectivity index (χ0) is 14.8. The molecule has 6 heteroatoms. The number of fused-ring (bicyclic) bond motifs is 1. The topological polar surface area (TPSA) is 39.9 Å². The Hall–Kier alpha value is -2.14. The van der Waals surface area contributed by atoms with E-state index in [4.69, 9.17) is 16.3 Å². The minimum Gasteiger partial charge on any atom is -0.497 e. The van der Waals surface area contributed by atoms with Crippen LogP contribution in [0.3, 0.4) is 0 Å². The van der Waals surface area contributed by atoms with Crippen LogP contribution in [0, 0.1) is 5.82 Å². The molecular weight excluding hydrogens is 293 g/mol. The Morgan fingerprint density at radius 1 is 1.33 bits per heavy atom. The first kappa shape index (κ1) is 13.8. The number of nitrogens with zero attached hydrogens (tertiary/aromatic N) is 3. The Morgan fingerprint density at radius 2 is 2.19 bits per heavy atom. The fourth-order valence-electron chi connectivity index (χ4n) is 2.29. The average Bonchev–Trinajstić information content (AvgIpc) is 2.86. The van der Waals surface area contributed by atoms with E-state index in [1.54, 1.807) is 42.3 Å². The summed E-state index contributed by atoms with van der Waals surface area (Å²) >= 11 is 5.83. The maximum absolute atomic E-state index is 14.3. The van der Waals surface area contributed by atoms with Gasteiger partial charge in [-0.15, -0.1) is 11.6 Å². The third-order valence-corrected chi connectivity index (χ3v) is 3.43. The summed E-state index contributed by atoms with van der Waals surface area (Å²) in [6.07, 6.45) is 3.84. The van der Waals surface area contributed by atoms with Gasteiger partial charge >= 0.3 is 0 Å². The van der Waals surface area contributed by atoms with Crippen LogP contribution in [0.4, 0.5) is 4.39 Å². The van der Waals surface area contributed by atoms with E-state index in [2.05, 4.69) is 9.97 Å². The highest BCUT2D eigenvalue weighted by Crippen LogP contribution is 2.26. The summed E-state index contributed by atoms with van der Waals surface area (Å²) in [7, 11) is 1.55. The second-order valence-electron chi connectivity index (χ2n) is 4.48. The van der Waals surface area contributed by atoms with Crippen molar-refractivity contribution in [2.45, 2.75) is 6.42 Å². The lowest BCUT2D eigenvalue weighted by atomic mass is 10.2. The first-order valence-electron chi connectivity index (χ1n) is 6.46. The zero-order valence-electron chi connectivity index (χ0n) is 11.4. The number of hydrogen-bond donors (Lipinski definition) is 0. The average molecular weight is 306 g/mol. The molecule has 2 aromatic heterocycles. The monoisotopic (exact) mass is 305 g/mol. The second kappa shape index (κ2) is 5.69. The SMILES string of the molecule is COc1ccc(F)c(-n2c(CCCl)nc3cnccc32)c1. The first-order valence-corrected chi connectivity index (χ1v) is 6.99. The first-order chi connectivity index (χ1) is 10.2. The summed E-state index contributed by atoms with van der Waals surface area (Å²) in [5.74, 6) is 1.34. The predicted octanol–water partition coefficient (Wildman–Crippen LogP) is 3.35. The van der Waals surface area contributed by atoms with Gasteiger partial charge in [0.25, 0.3) is 0 Å². The zero-order valence-corrected chi connectivity index (χ0v) is 12.1. The van der Waals surface area contributed by atoms with E-state index in [9.17, 15) is 4.39 Å². The fourth-order valence-corrected chi connectivity index (χ4v) is 2.46. The minimum absolute atomic E-state index is 0.345. The van der Waals surface area contributed by atoms with E-state index in [0.717, 1.165) is 5.52 Å². The highest BCUT2D eigenvalue weighted by atomic mass is 35.5. The summed E-state index contributed by atoms with van der Waals surface area (Å²) < 4.78 is 21.2. The molecule has 0 spiro atoms. The summed E-state index contributed by atoms with van der Waals surface area (Å²) in [6, 6.07) is 6.42. The Morgan fingerprint density at radius 3 is 2.95 bits per heavy atom. The van der Waals surface area contributed by atoms with E-state index >= 15 is 0 Å². The van der Waals surface area contributed by atoms with Gasteiger partial charge in [0, 0.05) is 24.6 Å². The molecule has 0 bridgehead atoms. The Balaban J connectivity index is 2.29. The molecule has 0 N–H and O–H groups in total. The number of ether oxygens (including phenoxy) is 1. The van der Waals surface area contributed by atoms with Gasteiger partial charge in [0.05, 0.1) is 24.5 Å². The van der Waals surface area contributed by atoms with Crippen LogP contribution in [0.2, 0.25) is 0 Å². The highest BCUT2D eigenvalue weighted by Gasteiger charge is 2.15. The summed E-state index contributed by atoms with van der Waals surface area (Å²) in [6.45, 7) is 0. The molecular formula is C15H13ClFN3O. The maximum atomic E-state index is 14.3. The van der Waals surface area contributed by atoms with Gasteiger partial charge < -0.3 is 4.74 Å². The van der Waals surface area contributed by atoms with Crippen LogP contribution in [-0.4, -0.2) is 27.5 Å². The van der Waals surface area contributed by atoms with Gasteiger partial charge in [-0.1, -0.05) is 0 Å². The fraction of sp³-hybridized carbons (Fsp3) is 0.200. The largest absolute Gasteiger partial charge is 0.497 e. The van der Waals surface area contributed by atoms with Crippen molar-refractivity contribution in [3.05, 3.63) is 48.3 Å². The molecule has 0 amide bonds. The van der Waals surface area contributed by atoms with Gasteiger partial charge in [-0.25, -0.2) is 9.37 Å². The van der Waals surface area contributed by atoms with Crippen LogP contribution in [-0.2, 0) is 6.42 Å². The van der Waals surface area contributed by atoms with Crippen LogP contribution in [0.15, 0.2) is 36.7 Å². The second-order valence-corrected chi connectivity index (χ2v) is 4.86. The van der Waals surface area contributed by atoms with Crippen molar-refractivity contribution in [1.29, 1.82) is 0 Å². The number of rotatable bonds is 4. The van der Waals surface area contributed by atoms with Crippen molar-refractivity contribution in [3.8, 4) is 11.4 Å². The number of halogens is 2. The van der Waals surface area contributed by atoms with E-state index in [-0.39, 0.29) is 5.82 Å². The number of benzene rings is 1. The molecule has 3 aromatic rings. The van der Waals surface area contributed by atoms with Gasteiger partial charge in [0.1, 0.15) is 22.9 Å². The minimum atomic E-state index is -0.345. The maximum Gasteiger partial charge on any atom is 0.147 e. The lowest BCUT2D eigenvalue weighted by Gasteiger charge is -2.11. The number of aromatic nitrogens is 3. The molecule has 108 valence electrons. The standard InChI is InChI=1S/C15H13ClFN3O/c1-21-10-2-3-11(17)14(8-10)20-13-5-7-18-9-12(13)19-15(20)4-6-16/h2-3,5,7-9H,4,6H2,1H3. The van der Waals surface area contributed by atoms with E-state index < -0.39 is 0 Å². The summed E-state index contributed by atoms with van der Waals surface area (Å²) in [5.41, 5.74) is 1.89. The predicted molar refractivity (Wildman–Crippen MR) is 79.8 cm³/mol. The van der Waals surface area contributed by atoms with Gasteiger partial charge in [-0.3, -0.25) is 9.55 Å². The van der Waals surface area contributed by atoms with Gasteiger partial charge in [-0.05, 0) is 18.2 Å². The van der Waals surface area contributed by atoms with Crippen molar-refractivity contribution >= 4 is 22.6 Å². The molecule has 0 aliphatic rings. The molecule has 1 aromatic carbocycles. The lowest BCUT2D eigenvalue weighted by molar-refractivity contribution is 0.413. The van der Waals surface area contributed by atoms with Crippen molar-refractivity contribution < 1.29 is 9.13 Å². The normalized spacial score (nSPS) is 11.0. The Kier molecular flexibility index (Phi) is 3.75. The van der Waals surface area contributed by atoms with Crippen LogP contribution in [0.5, 0.6) is 5.75 Å². The molecule has 2 heterocycles. The number of pyridine rings is 1. The number of alkyl halides is 1. The van der Waals surface area contributed by atoms with Gasteiger partial charge in [0.2, 0.25) is 0 Å². The molecule has 4 nitrogen and oxygen atoms in total. The quantitative estimate of drug-likeness (QED) is 0.694. The van der Waals surface area contributed by atoms with Crippen molar-refractivity contribution in [1.82, 2.24) is 14.5 Å². The van der Waals surface area contributed by atoms with Gasteiger partial charge in [0.15, 0.2) is 0 Å². The molecule has 0 radical (unpaired) electrons. The van der Waals surface area contributed by atoms with E-state index in [0.29, 0.717) is 35.1 Å². The molecule has 3 rings (SSSR count). The number of hydrogen-bond acceptors (Lipinski definition) is 3. The number of methoxy groups -OCH3 is 1. The molecule has 0 aliphatic carbocycles. The molecule has 0 fully saturated rings. The molecule has 0 saturated heterocycles. The van der Waals surface area contributed by atoms with E-state index in [1.165, 1.54) is 6.07 Å². The smallest absolute Gasteiger partial charge is 0.147 e. The molecule has 0 atom stereocenters. The molecule has 0 saturated carbocycles.